The largest absolute Gasteiger partial charge is 0.497 e. The summed E-state index contributed by atoms with van der Waals surface area (Å²) in [5, 5.41) is 3.75. The summed E-state index contributed by atoms with van der Waals surface area (Å²) in [6, 6.07) is 18.0. The molecule has 4 rings (SSSR count). The van der Waals surface area contributed by atoms with E-state index in [0.717, 1.165) is 0 Å². The summed E-state index contributed by atoms with van der Waals surface area (Å²) in [6.07, 6.45) is 1.12. The number of sulfonamides is 1. The van der Waals surface area contributed by atoms with Crippen molar-refractivity contribution in [2.45, 2.75) is 17.7 Å². The number of piperidine rings is 1. The lowest BCUT2D eigenvalue weighted by Gasteiger charge is -2.31. The lowest BCUT2D eigenvalue weighted by atomic mass is 9.98. The molecule has 0 unspecified atom stereocenters. The van der Waals surface area contributed by atoms with Crippen LogP contribution in [-0.2, 0) is 14.8 Å². The molecule has 1 heterocycles. The third-order valence-electron chi connectivity index (χ3n) is 5.67. The Morgan fingerprint density at radius 1 is 1.00 bits per heavy atom. The fourth-order valence-corrected chi connectivity index (χ4v) is 5.67. The quantitative estimate of drug-likeness (QED) is 0.411. The number of ether oxygens (including phenoxy) is 2. The number of anilines is 1. The van der Waals surface area contributed by atoms with E-state index in [2.05, 4.69) is 5.32 Å². The summed E-state index contributed by atoms with van der Waals surface area (Å²) in [4.78, 5) is 13.3. The number of nitrogens with zero attached hydrogens (tertiary/aromatic N) is 1. The zero-order chi connectivity index (χ0) is 25.0. The Morgan fingerprint density at radius 2 is 1.71 bits per heavy atom. The van der Waals surface area contributed by atoms with E-state index in [1.807, 2.05) is 0 Å². The van der Waals surface area contributed by atoms with Crippen LogP contribution in [0, 0.1) is 5.92 Å². The molecule has 10 heteroatoms. The molecule has 0 saturated carbocycles. The minimum absolute atomic E-state index is 0.0729. The number of carbonyl (C=O) groups excluding carboxylic acids is 1. The van der Waals surface area contributed by atoms with Crippen molar-refractivity contribution < 1.29 is 22.7 Å². The lowest BCUT2D eigenvalue weighted by Crippen LogP contribution is -2.43. The third kappa shape index (κ3) is 6.08. The first kappa shape index (κ1) is 25.3. The van der Waals surface area contributed by atoms with E-state index in [1.54, 1.807) is 49.6 Å². The van der Waals surface area contributed by atoms with Crippen LogP contribution in [0.2, 0.25) is 10.0 Å². The molecule has 1 N–H and O–H groups in total. The van der Waals surface area contributed by atoms with Crippen molar-refractivity contribution in [3.8, 4) is 17.2 Å². The normalized spacial score (nSPS) is 16.5. The van der Waals surface area contributed by atoms with E-state index in [4.69, 9.17) is 32.7 Å². The minimum Gasteiger partial charge on any atom is -0.497 e. The molecule has 1 amide bonds. The fraction of sp³-hybridized carbons (Fsp3) is 0.240. The molecule has 3 aromatic carbocycles. The van der Waals surface area contributed by atoms with Gasteiger partial charge < -0.3 is 14.8 Å². The zero-order valence-electron chi connectivity index (χ0n) is 18.9. The predicted molar refractivity (Wildman–Crippen MR) is 136 cm³/mol. The number of benzene rings is 3. The van der Waals surface area contributed by atoms with Gasteiger partial charge in [0.25, 0.3) is 0 Å². The predicted octanol–water partition coefficient (Wildman–Crippen LogP) is 5.83. The van der Waals surface area contributed by atoms with Crippen molar-refractivity contribution in [2.75, 3.05) is 25.5 Å². The van der Waals surface area contributed by atoms with Gasteiger partial charge >= 0.3 is 0 Å². The molecule has 0 aromatic heterocycles. The van der Waals surface area contributed by atoms with Crippen LogP contribution >= 0.6 is 23.2 Å². The summed E-state index contributed by atoms with van der Waals surface area (Å²) in [7, 11) is -2.18. The first-order valence-corrected chi connectivity index (χ1v) is 13.1. The summed E-state index contributed by atoms with van der Waals surface area (Å²) in [6.45, 7) is 0.416. The Labute approximate surface area is 214 Å². The molecule has 1 aliphatic heterocycles. The molecule has 0 spiro atoms. The number of nitrogens with one attached hydrogen (secondary N) is 1. The van der Waals surface area contributed by atoms with E-state index in [9.17, 15) is 13.2 Å². The molecule has 0 bridgehead atoms. The highest BCUT2D eigenvalue weighted by Crippen LogP contribution is 2.34. The van der Waals surface area contributed by atoms with Gasteiger partial charge in [-0.2, -0.15) is 4.31 Å². The van der Waals surface area contributed by atoms with Gasteiger partial charge in [-0.3, -0.25) is 4.79 Å². The number of hydrogen-bond donors (Lipinski definition) is 1. The number of methoxy groups -OCH3 is 1. The van der Waals surface area contributed by atoms with Crippen molar-refractivity contribution in [3.05, 3.63) is 76.8 Å². The van der Waals surface area contributed by atoms with Gasteiger partial charge in [0.1, 0.15) is 11.5 Å². The van der Waals surface area contributed by atoms with Gasteiger partial charge in [-0.05, 0) is 67.4 Å². The van der Waals surface area contributed by atoms with E-state index >= 15 is 0 Å². The highest BCUT2D eigenvalue weighted by Gasteiger charge is 2.33. The number of amides is 1. The third-order valence-corrected chi connectivity index (χ3v) is 8.04. The van der Waals surface area contributed by atoms with Crippen molar-refractivity contribution in [1.29, 1.82) is 0 Å². The van der Waals surface area contributed by atoms with Crippen LogP contribution < -0.4 is 14.8 Å². The smallest absolute Gasteiger partial charge is 0.243 e. The molecule has 184 valence electrons. The van der Waals surface area contributed by atoms with Crippen LogP contribution in [0.25, 0.3) is 0 Å². The SMILES string of the molecule is COc1cccc(Oc2ccc(Cl)cc2NC(=O)[C@H]2CCCN(S(=O)(=O)c3ccc(Cl)cc3)C2)c1. The van der Waals surface area contributed by atoms with Crippen molar-refractivity contribution in [1.82, 2.24) is 4.31 Å². The van der Waals surface area contributed by atoms with Crippen LogP contribution in [0.1, 0.15) is 12.8 Å². The summed E-state index contributed by atoms with van der Waals surface area (Å²) in [5.74, 6) is 0.719. The van der Waals surface area contributed by atoms with Gasteiger partial charge in [0, 0.05) is 29.2 Å². The van der Waals surface area contributed by atoms with Crippen molar-refractivity contribution in [2.24, 2.45) is 5.92 Å². The van der Waals surface area contributed by atoms with E-state index in [-0.39, 0.29) is 17.3 Å². The number of halogens is 2. The molecule has 0 aliphatic carbocycles. The van der Waals surface area contributed by atoms with Gasteiger partial charge in [-0.25, -0.2) is 8.42 Å². The van der Waals surface area contributed by atoms with Gasteiger partial charge in [-0.15, -0.1) is 0 Å². The second kappa shape index (κ2) is 10.9. The standard InChI is InChI=1S/C25H24Cl2N2O5S/c1-33-20-5-2-6-21(15-20)34-24-12-9-19(27)14-23(24)28-25(30)17-4-3-13-29(16-17)35(31,32)22-10-7-18(26)8-11-22/h2,5-12,14-15,17H,3-4,13,16H2,1H3,(H,28,30)/t17-/m0/s1. The number of rotatable bonds is 7. The fourth-order valence-electron chi connectivity index (χ4n) is 3.85. The van der Waals surface area contributed by atoms with Gasteiger partial charge in [0.15, 0.2) is 5.75 Å². The average Bonchev–Trinajstić information content (AvgIpc) is 2.86. The maximum absolute atomic E-state index is 13.2. The van der Waals surface area contributed by atoms with Crippen LogP contribution in [-0.4, -0.2) is 38.8 Å². The monoisotopic (exact) mass is 534 g/mol. The molecule has 35 heavy (non-hydrogen) atoms. The van der Waals surface area contributed by atoms with E-state index in [1.165, 1.54) is 28.6 Å². The topological polar surface area (TPSA) is 84.9 Å². The maximum atomic E-state index is 13.2. The summed E-state index contributed by atoms with van der Waals surface area (Å²) < 4.78 is 38.7. The van der Waals surface area contributed by atoms with Crippen molar-refractivity contribution >= 4 is 44.8 Å². The molecule has 1 aliphatic rings. The van der Waals surface area contributed by atoms with Crippen LogP contribution in [0.5, 0.6) is 17.2 Å². The number of carbonyl (C=O) groups is 1. The summed E-state index contributed by atoms with van der Waals surface area (Å²) in [5.41, 5.74) is 0.392. The van der Waals surface area contributed by atoms with Gasteiger partial charge in [0.05, 0.1) is 23.6 Å². The van der Waals surface area contributed by atoms with Crippen molar-refractivity contribution in [3.63, 3.8) is 0 Å². The van der Waals surface area contributed by atoms with E-state index < -0.39 is 15.9 Å². The van der Waals surface area contributed by atoms with E-state index in [0.29, 0.717) is 52.4 Å². The molecular weight excluding hydrogens is 511 g/mol. The Morgan fingerprint density at radius 3 is 2.46 bits per heavy atom. The summed E-state index contributed by atoms with van der Waals surface area (Å²) >= 11 is 12.1. The second-order valence-corrected chi connectivity index (χ2v) is 10.9. The Kier molecular flexibility index (Phi) is 7.86. The second-order valence-electron chi connectivity index (χ2n) is 8.07. The molecule has 0 radical (unpaired) electrons. The van der Waals surface area contributed by atoms with Crippen LogP contribution in [0.15, 0.2) is 71.6 Å². The molecule has 1 atom stereocenters. The number of hydrogen-bond acceptors (Lipinski definition) is 5. The molecule has 1 saturated heterocycles. The minimum atomic E-state index is -3.74. The Balaban J connectivity index is 1.50. The maximum Gasteiger partial charge on any atom is 0.243 e. The van der Waals surface area contributed by atoms with Gasteiger partial charge in [-0.1, -0.05) is 29.3 Å². The highest BCUT2D eigenvalue weighted by atomic mass is 35.5. The molecule has 7 nitrogen and oxygen atoms in total. The molecule has 1 fully saturated rings. The lowest BCUT2D eigenvalue weighted by molar-refractivity contribution is -0.120. The average molecular weight is 535 g/mol. The van der Waals surface area contributed by atoms with Crippen LogP contribution in [0.3, 0.4) is 0 Å². The molecular formula is C25H24Cl2N2O5S. The first-order chi connectivity index (χ1) is 16.8. The zero-order valence-corrected chi connectivity index (χ0v) is 21.2. The highest BCUT2D eigenvalue weighted by molar-refractivity contribution is 7.89. The van der Waals surface area contributed by atoms with Crippen LogP contribution in [0.4, 0.5) is 5.69 Å². The Hall–Kier alpha value is -2.78. The molecule has 3 aromatic rings. The first-order valence-electron chi connectivity index (χ1n) is 10.9. The Bertz CT molecular complexity index is 1320. The van der Waals surface area contributed by atoms with Gasteiger partial charge in [0.2, 0.25) is 15.9 Å².